The van der Waals surface area contributed by atoms with Gasteiger partial charge in [0, 0.05) is 5.56 Å². The summed E-state index contributed by atoms with van der Waals surface area (Å²) in [5.74, 6) is -0.617. The number of ether oxygens (including phenoxy) is 1. The number of esters is 1. The van der Waals surface area contributed by atoms with Gasteiger partial charge in [0.25, 0.3) is 0 Å². The summed E-state index contributed by atoms with van der Waals surface area (Å²) in [5, 5.41) is 14.5. The second kappa shape index (κ2) is 5.26. The fourth-order valence-corrected chi connectivity index (χ4v) is 2.26. The van der Waals surface area contributed by atoms with Gasteiger partial charge >= 0.3 is 5.97 Å². The Kier molecular flexibility index (Phi) is 3.69. The normalized spacial score (nSPS) is 10.9. The maximum absolute atomic E-state index is 12.0. The zero-order valence-corrected chi connectivity index (χ0v) is 11.3. The van der Waals surface area contributed by atoms with Crippen LogP contribution in [0.5, 0.6) is 5.75 Å². The molecule has 0 atom stereocenters. The highest BCUT2D eigenvalue weighted by Crippen LogP contribution is 2.30. The van der Waals surface area contributed by atoms with Crippen molar-refractivity contribution in [2.45, 2.75) is 33.6 Å². The topological polar surface area (TPSA) is 76.7 Å². The predicted molar refractivity (Wildman–Crippen MR) is 69.4 cm³/mol. The molecule has 2 aromatic rings. The first kappa shape index (κ1) is 13.3. The van der Waals surface area contributed by atoms with Crippen molar-refractivity contribution in [2.24, 2.45) is 0 Å². The molecule has 0 aliphatic carbocycles. The Morgan fingerprint density at radius 3 is 2.68 bits per heavy atom. The highest BCUT2D eigenvalue weighted by molar-refractivity contribution is 5.99. The van der Waals surface area contributed by atoms with E-state index in [9.17, 15) is 9.90 Å². The van der Waals surface area contributed by atoms with Crippen LogP contribution < -0.4 is 0 Å². The minimum absolute atomic E-state index is 0.0432. The van der Waals surface area contributed by atoms with E-state index in [0.717, 1.165) is 5.69 Å². The zero-order valence-electron chi connectivity index (χ0n) is 11.3. The van der Waals surface area contributed by atoms with Gasteiger partial charge in [-0.3, -0.25) is 0 Å². The largest absolute Gasteiger partial charge is 0.507 e. The summed E-state index contributed by atoms with van der Waals surface area (Å²) >= 11 is 0. The van der Waals surface area contributed by atoms with Gasteiger partial charge < -0.3 is 9.84 Å². The molecule has 2 aromatic heterocycles. The molecule has 0 radical (unpaired) electrons. The third-order valence-electron chi connectivity index (χ3n) is 3.07. The number of aromatic hydroxyl groups is 1. The van der Waals surface area contributed by atoms with Crippen LogP contribution in [0.15, 0.2) is 6.33 Å². The average Bonchev–Trinajstić information content (AvgIpc) is 2.85. The summed E-state index contributed by atoms with van der Waals surface area (Å²) in [7, 11) is 0. The lowest BCUT2D eigenvalue weighted by atomic mass is 10.0. The number of pyridine rings is 1. The van der Waals surface area contributed by atoms with Gasteiger partial charge in [-0.1, -0.05) is 13.8 Å². The van der Waals surface area contributed by atoms with Crippen molar-refractivity contribution in [3.05, 3.63) is 23.1 Å². The molecular weight excluding hydrogens is 246 g/mol. The first-order chi connectivity index (χ1) is 9.15. The number of hydrogen-bond acceptors (Lipinski definition) is 5. The molecule has 0 amide bonds. The molecule has 0 spiro atoms. The van der Waals surface area contributed by atoms with Gasteiger partial charge in [0.05, 0.1) is 12.3 Å². The molecule has 2 rings (SSSR count). The van der Waals surface area contributed by atoms with Gasteiger partial charge in [0.1, 0.15) is 17.6 Å². The summed E-state index contributed by atoms with van der Waals surface area (Å²) < 4.78 is 6.58. The molecule has 0 aromatic carbocycles. The maximum atomic E-state index is 12.0. The summed E-state index contributed by atoms with van der Waals surface area (Å²) in [5.41, 5.74) is 2.00. The number of fused-ring (bicyclic) bond motifs is 1. The van der Waals surface area contributed by atoms with E-state index < -0.39 is 5.97 Å². The summed E-state index contributed by atoms with van der Waals surface area (Å²) in [6, 6.07) is 0. The Bertz CT molecular complexity index is 619. The van der Waals surface area contributed by atoms with E-state index in [-0.39, 0.29) is 17.9 Å². The number of rotatable bonds is 4. The van der Waals surface area contributed by atoms with E-state index in [1.54, 1.807) is 11.4 Å². The SMILES string of the molecule is CCOC(=O)c1c(O)c(CC)c(CC)n2ncnc12. The molecule has 0 aliphatic heterocycles. The quantitative estimate of drug-likeness (QED) is 0.850. The molecule has 0 fully saturated rings. The van der Waals surface area contributed by atoms with Crippen LogP contribution in [0.3, 0.4) is 0 Å². The molecular formula is C13H17N3O3. The fraction of sp³-hybridized carbons (Fsp3) is 0.462. The van der Waals surface area contributed by atoms with E-state index in [4.69, 9.17) is 4.74 Å². The maximum Gasteiger partial charge on any atom is 0.345 e. The van der Waals surface area contributed by atoms with Crippen LogP contribution in [0.2, 0.25) is 0 Å². The number of hydrogen-bond donors (Lipinski definition) is 1. The molecule has 0 saturated heterocycles. The van der Waals surface area contributed by atoms with Crippen LogP contribution in [0.4, 0.5) is 0 Å². The van der Waals surface area contributed by atoms with Crippen LogP contribution in [-0.2, 0) is 17.6 Å². The van der Waals surface area contributed by atoms with E-state index in [1.807, 2.05) is 13.8 Å². The third kappa shape index (κ3) is 2.03. The lowest BCUT2D eigenvalue weighted by molar-refractivity contribution is 0.0524. The number of aryl methyl sites for hydroxylation is 1. The van der Waals surface area contributed by atoms with Crippen LogP contribution in [0.25, 0.3) is 5.65 Å². The monoisotopic (exact) mass is 263 g/mol. The van der Waals surface area contributed by atoms with E-state index in [0.29, 0.717) is 24.1 Å². The second-order valence-corrected chi connectivity index (χ2v) is 4.07. The first-order valence-electron chi connectivity index (χ1n) is 6.39. The van der Waals surface area contributed by atoms with Crippen molar-refractivity contribution in [2.75, 3.05) is 6.61 Å². The second-order valence-electron chi connectivity index (χ2n) is 4.07. The van der Waals surface area contributed by atoms with Crippen LogP contribution in [0, 0.1) is 0 Å². The van der Waals surface area contributed by atoms with Crippen molar-refractivity contribution in [1.29, 1.82) is 0 Å². The summed E-state index contributed by atoms with van der Waals surface area (Å²) in [6.07, 6.45) is 2.67. The molecule has 102 valence electrons. The van der Waals surface area contributed by atoms with E-state index >= 15 is 0 Å². The number of nitrogens with zero attached hydrogens (tertiary/aromatic N) is 3. The van der Waals surface area contributed by atoms with Gasteiger partial charge in [-0.25, -0.2) is 14.3 Å². The number of aromatic nitrogens is 3. The highest BCUT2D eigenvalue weighted by Gasteiger charge is 2.24. The molecule has 0 bridgehead atoms. The van der Waals surface area contributed by atoms with Crippen molar-refractivity contribution in [1.82, 2.24) is 14.6 Å². The number of carbonyl (C=O) groups is 1. The molecule has 0 unspecified atom stereocenters. The molecule has 6 heteroatoms. The smallest absolute Gasteiger partial charge is 0.345 e. The predicted octanol–water partition coefficient (Wildman–Crippen LogP) is 1.74. The zero-order chi connectivity index (χ0) is 14.0. The van der Waals surface area contributed by atoms with Crippen molar-refractivity contribution >= 4 is 11.6 Å². The van der Waals surface area contributed by atoms with Gasteiger partial charge in [-0.05, 0) is 19.8 Å². The Morgan fingerprint density at radius 1 is 1.37 bits per heavy atom. The first-order valence-corrected chi connectivity index (χ1v) is 6.39. The molecule has 2 heterocycles. The van der Waals surface area contributed by atoms with Gasteiger partial charge in [0.2, 0.25) is 0 Å². The van der Waals surface area contributed by atoms with E-state index in [1.165, 1.54) is 6.33 Å². The average molecular weight is 263 g/mol. The van der Waals surface area contributed by atoms with Gasteiger partial charge in [-0.15, -0.1) is 0 Å². The lowest BCUT2D eigenvalue weighted by Crippen LogP contribution is -2.12. The van der Waals surface area contributed by atoms with Gasteiger partial charge in [0.15, 0.2) is 5.65 Å². The molecule has 0 saturated carbocycles. The van der Waals surface area contributed by atoms with Crippen molar-refractivity contribution in [3.63, 3.8) is 0 Å². The van der Waals surface area contributed by atoms with Crippen LogP contribution >= 0.6 is 0 Å². The highest BCUT2D eigenvalue weighted by atomic mass is 16.5. The summed E-state index contributed by atoms with van der Waals surface area (Å²) in [4.78, 5) is 16.0. The van der Waals surface area contributed by atoms with E-state index in [2.05, 4.69) is 10.1 Å². The third-order valence-corrected chi connectivity index (χ3v) is 3.07. The standard InChI is InChI=1S/C13H17N3O3/c1-4-8-9(5-2)16-12(14-7-15-16)10(11(8)17)13(18)19-6-3/h7,17H,4-6H2,1-3H3. The number of carbonyl (C=O) groups excluding carboxylic acids is 1. The molecule has 19 heavy (non-hydrogen) atoms. The minimum atomic E-state index is -0.574. The van der Waals surface area contributed by atoms with Crippen LogP contribution in [-0.4, -0.2) is 32.3 Å². The summed E-state index contributed by atoms with van der Waals surface area (Å²) in [6.45, 7) is 5.86. The Balaban J connectivity index is 2.79. The van der Waals surface area contributed by atoms with Gasteiger partial charge in [-0.2, -0.15) is 5.10 Å². The Morgan fingerprint density at radius 2 is 2.11 bits per heavy atom. The van der Waals surface area contributed by atoms with Crippen molar-refractivity contribution in [3.8, 4) is 5.75 Å². The Labute approximate surface area is 111 Å². The molecule has 0 aliphatic rings. The molecule has 6 nitrogen and oxygen atoms in total. The lowest BCUT2D eigenvalue weighted by Gasteiger charge is -2.14. The fourth-order valence-electron chi connectivity index (χ4n) is 2.26. The van der Waals surface area contributed by atoms with Crippen molar-refractivity contribution < 1.29 is 14.6 Å². The van der Waals surface area contributed by atoms with Crippen LogP contribution in [0.1, 0.15) is 42.4 Å². The molecule has 1 N–H and O–H groups in total. The minimum Gasteiger partial charge on any atom is -0.507 e. The Hall–Kier alpha value is -2.11.